The van der Waals surface area contributed by atoms with Gasteiger partial charge < -0.3 is 0 Å². The van der Waals surface area contributed by atoms with Crippen LogP contribution in [0.3, 0.4) is 0 Å². The molecule has 0 saturated carbocycles. The lowest BCUT2D eigenvalue weighted by Gasteiger charge is -1.93. The highest BCUT2D eigenvalue weighted by atomic mass is 32.2. The molecule has 0 radical (unpaired) electrons. The third kappa shape index (κ3) is 4.00. The molecule has 0 unspecified atom stereocenters. The van der Waals surface area contributed by atoms with E-state index in [1.165, 1.54) is 0 Å². The van der Waals surface area contributed by atoms with Crippen molar-refractivity contribution in [2.75, 3.05) is 11.5 Å². The quantitative estimate of drug-likeness (QED) is 0.524. The Bertz CT molecular complexity index is 84.4. The highest BCUT2D eigenvalue weighted by Gasteiger charge is 1.83. The molecule has 0 aliphatic heterocycles. The third-order valence-corrected chi connectivity index (χ3v) is 1.76. The van der Waals surface area contributed by atoms with Crippen LogP contribution in [-0.4, -0.2) is 11.5 Å². The summed E-state index contributed by atoms with van der Waals surface area (Å²) < 4.78 is 0. The maximum atomic E-state index is 3.77. The SMILES string of the molecule is C=CC(=C)CSCC. The zero-order valence-electron chi connectivity index (χ0n) is 5.31. The van der Waals surface area contributed by atoms with Crippen molar-refractivity contribution in [3.63, 3.8) is 0 Å². The zero-order chi connectivity index (χ0) is 6.41. The first kappa shape index (κ1) is 7.83. The molecule has 46 valence electrons. The Morgan fingerprint density at radius 1 is 1.75 bits per heavy atom. The Morgan fingerprint density at radius 2 is 2.38 bits per heavy atom. The summed E-state index contributed by atoms with van der Waals surface area (Å²) in [5.41, 5.74) is 1.12. The standard InChI is InChI=1S/C7H12S/c1-4-7(3)6-8-5-2/h4H,1,3,5-6H2,2H3. The van der Waals surface area contributed by atoms with Crippen LogP contribution in [0.1, 0.15) is 6.92 Å². The molecule has 8 heavy (non-hydrogen) atoms. The van der Waals surface area contributed by atoms with Gasteiger partial charge >= 0.3 is 0 Å². The Morgan fingerprint density at radius 3 is 2.75 bits per heavy atom. The van der Waals surface area contributed by atoms with Gasteiger partial charge in [0.1, 0.15) is 0 Å². The monoisotopic (exact) mass is 128 g/mol. The van der Waals surface area contributed by atoms with Gasteiger partial charge in [0.05, 0.1) is 0 Å². The van der Waals surface area contributed by atoms with E-state index in [0.29, 0.717) is 0 Å². The lowest BCUT2D eigenvalue weighted by Crippen LogP contribution is -1.79. The third-order valence-electron chi connectivity index (χ3n) is 0.780. The van der Waals surface area contributed by atoms with Gasteiger partial charge in [-0.15, -0.1) is 0 Å². The molecule has 0 fully saturated rings. The predicted octanol–water partition coefficient (Wildman–Crippen LogP) is 2.48. The van der Waals surface area contributed by atoms with Crippen molar-refractivity contribution >= 4 is 11.8 Å². The van der Waals surface area contributed by atoms with Gasteiger partial charge in [0.25, 0.3) is 0 Å². The predicted molar refractivity (Wildman–Crippen MR) is 42.3 cm³/mol. The van der Waals surface area contributed by atoms with Gasteiger partial charge in [0.2, 0.25) is 0 Å². The van der Waals surface area contributed by atoms with Gasteiger partial charge in [-0.25, -0.2) is 0 Å². The molecule has 0 bridgehead atoms. The Kier molecular flexibility index (Phi) is 4.87. The molecule has 0 aromatic rings. The van der Waals surface area contributed by atoms with Crippen LogP contribution in [0.25, 0.3) is 0 Å². The smallest absolute Gasteiger partial charge is 0.0178 e. The van der Waals surface area contributed by atoms with E-state index in [0.717, 1.165) is 17.1 Å². The first-order valence-corrected chi connectivity index (χ1v) is 3.84. The van der Waals surface area contributed by atoms with E-state index in [-0.39, 0.29) is 0 Å². The van der Waals surface area contributed by atoms with Crippen molar-refractivity contribution in [1.29, 1.82) is 0 Å². The molecule has 0 aliphatic rings. The normalized spacial score (nSPS) is 8.62. The fourth-order valence-electron chi connectivity index (χ4n) is 0.292. The molecule has 1 heteroatoms. The zero-order valence-corrected chi connectivity index (χ0v) is 6.13. The first-order chi connectivity index (χ1) is 3.81. The molecule has 0 rings (SSSR count). The van der Waals surface area contributed by atoms with Gasteiger partial charge in [-0.2, -0.15) is 11.8 Å². The van der Waals surface area contributed by atoms with Gasteiger partial charge in [0, 0.05) is 5.75 Å². The van der Waals surface area contributed by atoms with E-state index >= 15 is 0 Å². The largest absolute Gasteiger partial charge is 0.158 e. The van der Waals surface area contributed by atoms with Crippen LogP contribution in [0.2, 0.25) is 0 Å². The van der Waals surface area contributed by atoms with Crippen molar-refractivity contribution < 1.29 is 0 Å². The summed E-state index contributed by atoms with van der Waals surface area (Å²) in [5.74, 6) is 2.19. The minimum atomic E-state index is 1.03. The van der Waals surface area contributed by atoms with Crippen molar-refractivity contribution in [2.24, 2.45) is 0 Å². The fraction of sp³-hybridized carbons (Fsp3) is 0.429. The molecule has 0 aromatic carbocycles. The van der Waals surface area contributed by atoms with Crippen molar-refractivity contribution in [1.82, 2.24) is 0 Å². The molecule has 0 amide bonds. The molecular formula is C7H12S. The highest BCUT2D eigenvalue weighted by molar-refractivity contribution is 7.99. The summed E-state index contributed by atoms with van der Waals surface area (Å²) in [6, 6.07) is 0. The van der Waals surface area contributed by atoms with Crippen LogP contribution in [0, 0.1) is 0 Å². The van der Waals surface area contributed by atoms with Crippen molar-refractivity contribution in [2.45, 2.75) is 6.92 Å². The summed E-state index contributed by atoms with van der Waals surface area (Å²) in [6.07, 6.45) is 1.81. The number of thioether (sulfide) groups is 1. The minimum Gasteiger partial charge on any atom is -0.158 e. The highest BCUT2D eigenvalue weighted by Crippen LogP contribution is 2.04. The number of rotatable bonds is 4. The summed E-state index contributed by atoms with van der Waals surface area (Å²) in [4.78, 5) is 0. The molecule has 0 aromatic heterocycles. The Balaban J connectivity index is 3.11. The maximum absolute atomic E-state index is 3.77. The molecule has 0 saturated heterocycles. The topological polar surface area (TPSA) is 0 Å². The number of hydrogen-bond acceptors (Lipinski definition) is 1. The van der Waals surface area contributed by atoms with Crippen molar-refractivity contribution in [3.8, 4) is 0 Å². The molecule has 0 spiro atoms. The molecular weight excluding hydrogens is 116 g/mol. The lowest BCUT2D eigenvalue weighted by atomic mass is 10.4. The second kappa shape index (κ2) is 4.98. The Hall–Kier alpha value is -0.170. The van der Waals surface area contributed by atoms with Gasteiger partial charge in [0.15, 0.2) is 0 Å². The molecule has 0 nitrogen and oxygen atoms in total. The summed E-state index contributed by atoms with van der Waals surface area (Å²) >= 11 is 1.87. The van der Waals surface area contributed by atoms with Crippen LogP contribution < -0.4 is 0 Å². The lowest BCUT2D eigenvalue weighted by molar-refractivity contribution is 1.50. The summed E-state index contributed by atoms with van der Waals surface area (Å²) in [6.45, 7) is 9.51. The van der Waals surface area contributed by atoms with E-state index in [1.54, 1.807) is 0 Å². The van der Waals surface area contributed by atoms with Crippen LogP contribution in [0.4, 0.5) is 0 Å². The van der Waals surface area contributed by atoms with Gasteiger partial charge in [-0.3, -0.25) is 0 Å². The molecule has 0 atom stereocenters. The molecule has 0 aliphatic carbocycles. The Labute approximate surface area is 55.7 Å². The fourth-order valence-corrected chi connectivity index (χ4v) is 0.876. The number of allylic oxidation sites excluding steroid dienone is 1. The van der Waals surface area contributed by atoms with E-state index in [2.05, 4.69) is 20.1 Å². The first-order valence-electron chi connectivity index (χ1n) is 2.69. The average molecular weight is 128 g/mol. The van der Waals surface area contributed by atoms with Crippen LogP contribution >= 0.6 is 11.8 Å². The summed E-state index contributed by atoms with van der Waals surface area (Å²) in [5, 5.41) is 0. The van der Waals surface area contributed by atoms with Crippen LogP contribution in [0.5, 0.6) is 0 Å². The van der Waals surface area contributed by atoms with Crippen LogP contribution in [-0.2, 0) is 0 Å². The second-order valence-corrected chi connectivity index (χ2v) is 2.77. The number of hydrogen-bond donors (Lipinski definition) is 0. The minimum absolute atomic E-state index is 1.03. The van der Waals surface area contributed by atoms with Crippen molar-refractivity contribution in [3.05, 3.63) is 24.8 Å². The van der Waals surface area contributed by atoms with E-state index in [4.69, 9.17) is 0 Å². The van der Waals surface area contributed by atoms with E-state index in [1.807, 2.05) is 17.8 Å². The van der Waals surface area contributed by atoms with Crippen LogP contribution in [0.15, 0.2) is 24.8 Å². The van der Waals surface area contributed by atoms with Gasteiger partial charge in [-0.1, -0.05) is 26.2 Å². The average Bonchev–Trinajstić information content (AvgIpc) is 1.83. The molecule has 0 heterocycles. The van der Waals surface area contributed by atoms with Gasteiger partial charge in [-0.05, 0) is 11.3 Å². The summed E-state index contributed by atoms with van der Waals surface area (Å²) in [7, 11) is 0. The molecule has 0 N–H and O–H groups in total. The van der Waals surface area contributed by atoms with E-state index in [9.17, 15) is 0 Å². The second-order valence-electron chi connectivity index (χ2n) is 1.50. The van der Waals surface area contributed by atoms with E-state index < -0.39 is 0 Å². The maximum Gasteiger partial charge on any atom is 0.0178 e.